The molecule has 0 aliphatic carbocycles. The maximum atomic E-state index is 12.6. The number of halogens is 3. The monoisotopic (exact) mass is 305 g/mol. The summed E-state index contributed by atoms with van der Waals surface area (Å²) < 4.78 is 39.7. The van der Waals surface area contributed by atoms with Gasteiger partial charge in [0.05, 0.1) is 17.3 Å². The number of alkyl halides is 3. The van der Waals surface area contributed by atoms with Crippen molar-refractivity contribution in [2.24, 2.45) is 5.73 Å². The summed E-state index contributed by atoms with van der Waals surface area (Å²) in [5.41, 5.74) is 7.69. The maximum Gasteiger partial charge on any atom is 0.416 e. The lowest BCUT2D eigenvalue weighted by atomic mass is 10.1. The van der Waals surface area contributed by atoms with Crippen molar-refractivity contribution in [3.05, 3.63) is 71.3 Å². The van der Waals surface area contributed by atoms with Gasteiger partial charge in [-0.05, 0) is 29.8 Å². The first-order chi connectivity index (χ1) is 10.5. The Hall–Kier alpha value is -2.34. The Kier molecular flexibility index (Phi) is 3.62. The van der Waals surface area contributed by atoms with E-state index in [1.807, 2.05) is 22.6 Å². The zero-order valence-corrected chi connectivity index (χ0v) is 11.6. The standard InChI is InChI=1S/C16H14F3N3/c17-16(18,19)12-6-4-11(5-7-12)8-15-21-10-14-3-1-2-13(9-20)22(14)15/h1-7,10H,8-9,20H2. The maximum absolute atomic E-state index is 12.6. The molecular formula is C16H14F3N3. The van der Waals surface area contributed by atoms with Crippen LogP contribution in [0.5, 0.6) is 0 Å². The Morgan fingerprint density at radius 2 is 1.77 bits per heavy atom. The van der Waals surface area contributed by atoms with E-state index in [-0.39, 0.29) is 0 Å². The molecule has 0 saturated heterocycles. The van der Waals surface area contributed by atoms with E-state index in [1.54, 1.807) is 6.20 Å². The molecule has 0 bridgehead atoms. The molecule has 6 heteroatoms. The summed E-state index contributed by atoms with van der Waals surface area (Å²) in [6.45, 7) is 0.369. The summed E-state index contributed by atoms with van der Waals surface area (Å²) in [4.78, 5) is 4.36. The second kappa shape index (κ2) is 5.46. The average molecular weight is 305 g/mol. The van der Waals surface area contributed by atoms with Crippen LogP contribution in [-0.2, 0) is 19.1 Å². The highest BCUT2D eigenvalue weighted by Crippen LogP contribution is 2.29. The molecule has 0 atom stereocenters. The molecule has 3 aromatic rings. The quantitative estimate of drug-likeness (QED) is 0.806. The molecule has 0 saturated carbocycles. The second-order valence-electron chi connectivity index (χ2n) is 5.03. The predicted molar refractivity (Wildman–Crippen MR) is 77.3 cm³/mol. The number of rotatable bonds is 3. The van der Waals surface area contributed by atoms with E-state index in [4.69, 9.17) is 5.73 Å². The third kappa shape index (κ3) is 2.69. The van der Waals surface area contributed by atoms with Crippen molar-refractivity contribution < 1.29 is 13.2 Å². The fourth-order valence-electron chi connectivity index (χ4n) is 2.46. The third-order valence-electron chi connectivity index (χ3n) is 3.56. The van der Waals surface area contributed by atoms with Gasteiger partial charge in [0.1, 0.15) is 5.82 Å². The molecule has 0 spiro atoms. The predicted octanol–water partition coefficient (Wildman–Crippen LogP) is 3.40. The topological polar surface area (TPSA) is 43.3 Å². The van der Waals surface area contributed by atoms with Gasteiger partial charge in [-0.25, -0.2) is 4.98 Å². The van der Waals surface area contributed by atoms with E-state index in [9.17, 15) is 13.2 Å². The zero-order chi connectivity index (χ0) is 15.7. The Morgan fingerprint density at radius 1 is 1.05 bits per heavy atom. The molecule has 0 unspecified atom stereocenters. The third-order valence-corrected chi connectivity index (χ3v) is 3.56. The lowest BCUT2D eigenvalue weighted by Gasteiger charge is -2.09. The Balaban J connectivity index is 1.93. The molecule has 114 valence electrons. The Labute approximate surface area is 125 Å². The number of aromatic nitrogens is 2. The van der Waals surface area contributed by atoms with E-state index in [0.29, 0.717) is 13.0 Å². The smallest absolute Gasteiger partial charge is 0.325 e. The van der Waals surface area contributed by atoms with E-state index < -0.39 is 11.7 Å². The number of hydrogen-bond donors (Lipinski definition) is 1. The normalized spacial score (nSPS) is 12.0. The van der Waals surface area contributed by atoms with Crippen LogP contribution >= 0.6 is 0 Å². The van der Waals surface area contributed by atoms with Crippen LogP contribution in [0.25, 0.3) is 5.52 Å². The number of nitrogens with zero attached hydrogens (tertiary/aromatic N) is 2. The second-order valence-corrected chi connectivity index (χ2v) is 5.03. The largest absolute Gasteiger partial charge is 0.416 e. The lowest BCUT2D eigenvalue weighted by Crippen LogP contribution is -2.07. The van der Waals surface area contributed by atoms with Crippen LogP contribution in [0.4, 0.5) is 13.2 Å². The van der Waals surface area contributed by atoms with Crippen LogP contribution < -0.4 is 5.73 Å². The molecule has 22 heavy (non-hydrogen) atoms. The minimum atomic E-state index is -4.31. The van der Waals surface area contributed by atoms with E-state index >= 15 is 0 Å². The van der Waals surface area contributed by atoms with Crippen molar-refractivity contribution in [2.45, 2.75) is 19.1 Å². The fourth-order valence-corrected chi connectivity index (χ4v) is 2.46. The minimum absolute atomic E-state index is 0.369. The first kappa shape index (κ1) is 14.6. The molecule has 2 heterocycles. The fraction of sp³-hybridized carbons (Fsp3) is 0.188. The van der Waals surface area contributed by atoms with Crippen molar-refractivity contribution >= 4 is 5.52 Å². The number of pyridine rings is 1. The molecule has 3 rings (SSSR count). The molecule has 0 aliphatic heterocycles. The van der Waals surface area contributed by atoms with Gasteiger partial charge in [0.15, 0.2) is 0 Å². The number of hydrogen-bond acceptors (Lipinski definition) is 2. The van der Waals surface area contributed by atoms with Gasteiger partial charge in [0.2, 0.25) is 0 Å². The number of imidazole rings is 1. The molecule has 0 amide bonds. The summed E-state index contributed by atoms with van der Waals surface area (Å²) in [7, 11) is 0. The van der Waals surface area contributed by atoms with Gasteiger partial charge in [-0.1, -0.05) is 18.2 Å². The van der Waals surface area contributed by atoms with Gasteiger partial charge in [0, 0.05) is 18.7 Å². The highest BCUT2D eigenvalue weighted by Gasteiger charge is 2.29. The van der Waals surface area contributed by atoms with Crippen LogP contribution in [-0.4, -0.2) is 9.38 Å². The van der Waals surface area contributed by atoms with Gasteiger partial charge in [-0.3, -0.25) is 4.40 Å². The number of benzene rings is 1. The van der Waals surface area contributed by atoms with Crippen LogP contribution in [0.3, 0.4) is 0 Å². The molecular weight excluding hydrogens is 291 g/mol. The van der Waals surface area contributed by atoms with Gasteiger partial charge < -0.3 is 5.73 Å². The highest BCUT2D eigenvalue weighted by atomic mass is 19.4. The van der Waals surface area contributed by atoms with Crippen molar-refractivity contribution in [2.75, 3.05) is 0 Å². The molecule has 0 aliphatic rings. The van der Waals surface area contributed by atoms with Crippen molar-refractivity contribution in [3.63, 3.8) is 0 Å². The van der Waals surface area contributed by atoms with Crippen molar-refractivity contribution in [3.8, 4) is 0 Å². The van der Waals surface area contributed by atoms with E-state index in [0.717, 1.165) is 34.7 Å². The summed E-state index contributed by atoms with van der Waals surface area (Å²) in [5.74, 6) is 0.760. The Bertz CT molecular complexity index is 788. The summed E-state index contributed by atoms with van der Waals surface area (Å²) in [6.07, 6.45) is -2.13. The summed E-state index contributed by atoms with van der Waals surface area (Å²) in [5, 5.41) is 0. The Morgan fingerprint density at radius 3 is 2.41 bits per heavy atom. The first-order valence-corrected chi connectivity index (χ1v) is 6.79. The van der Waals surface area contributed by atoms with Crippen LogP contribution in [0.2, 0.25) is 0 Å². The van der Waals surface area contributed by atoms with E-state index in [1.165, 1.54) is 12.1 Å². The number of fused-ring (bicyclic) bond motifs is 1. The average Bonchev–Trinajstić information content (AvgIpc) is 2.90. The molecule has 0 radical (unpaired) electrons. The van der Waals surface area contributed by atoms with Crippen molar-refractivity contribution in [1.29, 1.82) is 0 Å². The summed E-state index contributed by atoms with van der Waals surface area (Å²) >= 11 is 0. The molecule has 0 fully saturated rings. The van der Waals surface area contributed by atoms with Crippen molar-refractivity contribution in [1.82, 2.24) is 9.38 Å². The molecule has 2 aromatic heterocycles. The zero-order valence-electron chi connectivity index (χ0n) is 11.6. The van der Waals surface area contributed by atoms with Crippen LogP contribution in [0.15, 0.2) is 48.7 Å². The van der Waals surface area contributed by atoms with E-state index in [2.05, 4.69) is 4.98 Å². The first-order valence-electron chi connectivity index (χ1n) is 6.79. The van der Waals surface area contributed by atoms with Gasteiger partial charge >= 0.3 is 6.18 Å². The molecule has 3 nitrogen and oxygen atoms in total. The van der Waals surface area contributed by atoms with Crippen LogP contribution in [0, 0.1) is 0 Å². The van der Waals surface area contributed by atoms with Gasteiger partial charge in [-0.2, -0.15) is 13.2 Å². The van der Waals surface area contributed by atoms with Crippen LogP contribution in [0.1, 0.15) is 22.6 Å². The van der Waals surface area contributed by atoms with Gasteiger partial charge in [0.25, 0.3) is 0 Å². The number of nitrogens with two attached hydrogens (primary N) is 1. The highest BCUT2D eigenvalue weighted by molar-refractivity contribution is 5.48. The molecule has 1 aromatic carbocycles. The molecule has 2 N–H and O–H groups in total. The minimum Gasteiger partial charge on any atom is -0.325 e. The van der Waals surface area contributed by atoms with Gasteiger partial charge in [-0.15, -0.1) is 0 Å². The summed E-state index contributed by atoms with van der Waals surface area (Å²) in [6, 6.07) is 10.9. The SMILES string of the molecule is NCc1cccc2cnc(Cc3ccc(C(F)(F)F)cc3)n12. The lowest BCUT2D eigenvalue weighted by molar-refractivity contribution is -0.137.